The molecular formula is C11H9BrClNO3. The predicted molar refractivity (Wildman–Crippen MR) is 67.4 cm³/mol. The minimum absolute atomic E-state index is 0.210. The van der Waals surface area contributed by atoms with Gasteiger partial charge in [0.15, 0.2) is 0 Å². The third-order valence-corrected chi connectivity index (χ3v) is 3.48. The van der Waals surface area contributed by atoms with Gasteiger partial charge in [0.1, 0.15) is 0 Å². The fraction of sp³-hybridized carbons (Fsp3) is 0.273. The highest BCUT2D eigenvalue weighted by molar-refractivity contribution is 9.10. The van der Waals surface area contributed by atoms with E-state index in [1.165, 1.54) is 6.92 Å². The van der Waals surface area contributed by atoms with Crippen LogP contribution in [0.5, 0.6) is 0 Å². The first-order chi connectivity index (χ1) is 7.92. The smallest absolute Gasteiger partial charge is 0.351 e. The number of hydrogen-bond donors (Lipinski definition) is 1. The molecule has 2 rings (SSSR count). The van der Waals surface area contributed by atoms with Crippen LogP contribution in [0, 0.1) is 0 Å². The van der Waals surface area contributed by atoms with Crippen LogP contribution in [-0.4, -0.2) is 22.4 Å². The normalized spacial score (nSPS) is 23.1. The van der Waals surface area contributed by atoms with E-state index in [1.54, 1.807) is 18.2 Å². The Morgan fingerprint density at radius 3 is 2.94 bits per heavy atom. The van der Waals surface area contributed by atoms with Crippen molar-refractivity contribution in [1.82, 2.24) is 0 Å². The topological polar surface area (TPSA) is 58.9 Å². The number of aliphatic carboxylic acids is 1. The lowest BCUT2D eigenvalue weighted by atomic mass is 9.96. The molecule has 4 nitrogen and oxygen atoms in total. The number of benzene rings is 1. The van der Waals surface area contributed by atoms with Gasteiger partial charge in [0.05, 0.1) is 5.71 Å². The Bertz CT molecular complexity index is 517. The second-order valence-electron chi connectivity index (χ2n) is 3.97. The molecule has 0 fully saturated rings. The average Bonchev–Trinajstić information content (AvgIpc) is 2.66. The first kappa shape index (κ1) is 12.4. The minimum Gasteiger partial charge on any atom is -0.478 e. The van der Waals surface area contributed by atoms with E-state index >= 15 is 0 Å². The van der Waals surface area contributed by atoms with E-state index in [0.717, 1.165) is 10.0 Å². The van der Waals surface area contributed by atoms with Crippen LogP contribution in [0.25, 0.3) is 0 Å². The second-order valence-corrected chi connectivity index (χ2v) is 5.26. The zero-order valence-corrected chi connectivity index (χ0v) is 11.2. The molecule has 0 radical (unpaired) electrons. The molecule has 1 aromatic carbocycles. The molecule has 1 unspecified atom stereocenters. The van der Waals surface area contributed by atoms with Gasteiger partial charge in [0.2, 0.25) is 5.60 Å². The lowest BCUT2D eigenvalue weighted by Crippen LogP contribution is -2.35. The molecule has 6 heteroatoms. The summed E-state index contributed by atoms with van der Waals surface area (Å²) in [5.74, 6) is -1.03. The fourth-order valence-corrected chi connectivity index (χ4v) is 2.17. The Morgan fingerprint density at radius 1 is 1.65 bits per heavy atom. The van der Waals surface area contributed by atoms with Crippen molar-refractivity contribution in [3.8, 4) is 0 Å². The highest BCUT2D eigenvalue weighted by Gasteiger charge is 2.42. The van der Waals surface area contributed by atoms with Crippen molar-refractivity contribution in [3.63, 3.8) is 0 Å². The van der Waals surface area contributed by atoms with E-state index < -0.39 is 11.6 Å². The molecule has 1 atom stereocenters. The number of carboxylic acid groups (broad SMARTS) is 1. The molecular weight excluding hydrogens is 309 g/mol. The van der Waals surface area contributed by atoms with Crippen molar-refractivity contribution in [2.45, 2.75) is 18.9 Å². The summed E-state index contributed by atoms with van der Waals surface area (Å²) >= 11 is 9.27. The van der Waals surface area contributed by atoms with Gasteiger partial charge in [-0.05, 0) is 25.1 Å². The van der Waals surface area contributed by atoms with Crippen LogP contribution in [0.4, 0.5) is 0 Å². The quantitative estimate of drug-likeness (QED) is 0.911. The third kappa shape index (κ3) is 2.30. The highest BCUT2D eigenvalue weighted by atomic mass is 79.9. The predicted octanol–water partition coefficient (Wildman–Crippen LogP) is 3.07. The second kappa shape index (κ2) is 4.31. The largest absolute Gasteiger partial charge is 0.478 e. The van der Waals surface area contributed by atoms with E-state index in [4.69, 9.17) is 21.5 Å². The van der Waals surface area contributed by atoms with Gasteiger partial charge >= 0.3 is 5.97 Å². The Hall–Kier alpha value is -1.07. The molecule has 1 aliphatic heterocycles. The molecule has 1 aromatic rings. The van der Waals surface area contributed by atoms with Gasteiger partial charge in [0.25, 0.3) is 0 Å². The molecule has 1 N–H and O–H groups in total. The zero-order chi connectivity index (χ0) is 12.6. The van der Waals surface area contributed by atoms with Crippen molar-refractivity contribution in [1.29, 1.82) is 0 Å². The highest BCUT2D eigenvalue weighted by Crippen LogP contribution is 2.31. The van der Waals surface area contributed by atoms with Gasteiger partial charge in [-0.15, -0.1) is 0 Å². The van der Waals surface area contributed by atoms with Crippen molar-refractivity contribution in [2.24, 2.45) is 5.16 Å². The van der Waals surface area contributed by atoms with E-state index in [1.807, 2.05) is 0 Å². The van der Waals surface area contributed by atoms with Crippen LogP contribution in [0.3, 0.4) is 0 Å². The Morgan fingerprint density at radius 2 is 2.35 bits per heavy atom. The number of oxime groups is 1. The third-order valence-electron chi connectivity index (χ3n) is 2.55. The maximum Gasteiger partial charge on any atom is 0.351 e. The molecule has 17 heavy (non-hydrogen) atoms. The number of halogens is 2. The van der Waals surface area contributed by atoms with E-state index in [9.17, 15) is 4.79 Å². The molecule has 0 saturated heterocycles. The van der Waals surface area contributed by atoms with Crippen LogP contribution in [0.1, 0.15) is 18.9 Å². The van der Waals surface area contributed by atoms with E-state index in [0.29, 0.717) is 10.7 Å². The van der Waals surface area contributed by atoms with Gasteiger partial charge in [-0.2, -0.15) is 0 Å². The van der Waals surface area contributed by atoms with Gasteiger partial charge in [-0.1, -0.05) is 32.7 Å². The zero-order valence-electron chi connectivity index (χ0n) is 8.91. The molecule has 0 aromatic heterocycles. The number of carboxylic acids is 1. The summed E-state index contributed by atoms with van der Waals surface area (Å²) in [6.07, 6.45) is 0.210. The van der Waals surface area contributed by atoms with Crippen molar-refractivity contribution < 1.29 is 14.7 Å². The summed E-state index contributed by atoms with van der Waals surface area (Å²) in [5.41, 5.74) is 0.0311. The SMILES string of the molecule is CC1(C(=O)O)CC(c2cc(Cl)ccc2Br)=NO1. The first-order valence-corrected chi connectivity index (χ1v) is 6.03. The van der Waals surface area contributed by atoms with Gasteiger partial charge < -0.3 is 9.94 Å². The number of rotatable bonds is 2. The number of carbonyl (C=O) groups is 1. The Kier molecular flexibility index (Phi) is 3.14. The average molecular weight is 319 g/mol. The molecule has 1 heterocycles. The maximum absolute atomic E-state index is 11.0. The van der Waals surface area contributed by atoms with Gasteiger partial charge in [-0.3, -0.25) is 0 Å². The maximum atomic E-state index is 11.0. The first-order valence-electron chi connectivity index (χ1n) is 4.86. The molecule has 1 aliphatic rings. The lowest BCUT2D eigenvalue weighted by Gasteiger charge is -2.14. The molecule has 0 aliphatic carbocycles. The van der Waals surface area contributed by atoms with E-state index in [-0.39, 0.29) is 6.42 Å². The molecule has 0 spiro atoms. The van der Waals surface area contributed by atoms with Crippen molar-refractivity contribution in [3.05, 3.63) is 33.3 Å². The number of nitrogens with zero attached hydrogens (tertiary/aromatic N) is 1. The molecule has 0 amide bonds. The summed E-state index contributed by atoms with van der Waals surface area (Å²) in [4.78, 5) is 16.0. The Labute approximate surface area is 111 Å². The number of hydrogen-bond acceptors (Lipinski definition) is 3. The summed E-state index contributed by atoms with van der Waals surface area (Å²) in [6, 6.07) is 5.25. The summed E-state index contributed by atoms with van der Waals surface area (Å²) in [7, 11) is 0. The summed E-state index contributed by atoms with van der Waals surface area (Å²) in [6.45, 7) is 1.49. The summed E-state index contributed by atoms with van der Waals surface area (Å²) in [5, 5.41) is 13.4. The van der Waals surface area contributed by atoms with Crippen LogP contribution in [-0.2, 0) is 9.63 Å². The Balaban J connectivity index is 2.32. The minimum atomic E-state index is -1.29. The van der Waals surface area contributed by atoms with Crippen LogP contribution >= 0.6 is 27.5 Å². The monoisotopic (exact) mass is 317 g/mol. The van der Waals surface area contributed by atoms with E-state index in [2.05, 4.69) is 21.1 Å². The van der Waals surface area contributed by atoms with Gasteiger partial charge in [0, 0.05) is 21.5 Å². The lowest BCUT2D eigenvalue weighted by molar-refractivity contribution is -0.160. The van der Waals surface area contributed by atoms with Crippen molar-refractivity contribution >= 4 is 39.2 Å². The molecule has 90 valence electrons. The molecule has 0 saturated carbocycles. The standard InChI is InChI=1S/C11H9BrClNO3/c1-11(10(15)16)5-9(14-17-11)7-4-6(13)2-3-8(7)12/h2-4H,5H2,1H3,(H,15,16). The fourth-order valence-electron chi connectivity index (χ4n) is 1.52. The van der Waals surface area contributed by atoms with Crippen LogP contribution < -0.4 is 0 Å². The van der Waals surface area contributed by atoms with Crippen LogP contribution in [0.2, 0.25) is 5.02 Å². The van der Waals surface area contributed by atoms with Crippen molar-refractivity contribution in [2.75, 3.05) is 0 Å². The van der Waals surface area contributed by atoms with Crippen LogP contribution in [0.15, 0.2) is 27.8 Å². The van der Waals surface area contributed by atoms with Gasteiger partial charge in [-0.25, -0.2) is 4.79 Å². The molecule has 0 bridgehead atoms. The summed E-state index contributed by atoms with van der Waals surface area (Å²) < 4.78 is 0.805.